The van der Waals surface area contributed by atoms with Crippen molar-refractivity contribution in [3.63, 3.8) is 0 Å². The Morgan fingerprint density at radius 2 is 2.31 bits per heavy atom. The molecule has 4 heteroatoms. The maximum Gasteiger partial charge on any atom is 0.238 e. The predicted octanol–water partition coefficient (Wildman–Crippen LogP) is -0.585. The van der Waals surface area contributed by atoms with Gasteiger partial charge in [-0.25, -0.2) is 0 Å². The molecular formula is C9H19N3O. The first-order chi connectivity index (χ1) is 5.99. The molecule has 13 heavy (non-hydrogen) atoms. The summed E-state index contributed by atoms with van der Waals surface area (Å²) in [6.45, 7) is 5.69. The van der Waals surface area contributed by atoms with Crippen molar-refractivity contribution in [3.8, 4) is 0 Å². The molecule has 76 valence electrons. The van der Waals surface area contributed by atoms with Gasteiger partial charge >= 0.3 is 0 Å². The second kappa shape index (κ2) is 3.64. The molecule has 1 heterocycles. The molecule has 1 unspecified atom stereocenters. The average Bonchev–Trinajstić information content (AvgIpc) is 2.07. The first-order valence-corrected chi connectivity index (χ1v) is 4.64. The number of nitrogens with one attached hydrogen (secondary N) is 2. The lowest BCUT2D eigenvalue weighted by atomic mass is 9.97. The Hall–Kier alpha value is -0.610. The van der Waals surface area contributed by atoms with E-state index in [2.05, 4.69) is 29.4 Å². The van der Waals surface area contributed by atoms with Gasteiger partial charge in [0.05, 0.1) is 0 Å². The average molecular weight is 185 g/mol. The molecule has 2 N–H and O–H groups in total. The summed E-state index contributed by atoms with van der Waals surface area (Å²) < 4.78 is 0. The molecule has 0 aromatic rings. The van der Waals surface area contributed by atoms with Crippen LogP contribution in [0.15, 0.2) is 0 Å². The lowest BCUT2D eigenvalue weighted by Gasteiger charge is -2.44. The summed E-state index contributed by atoms with van der Waals surface area (Å²) in [4.78, 5) is 13.6. The van der Waals surface area contributed by atoms with Crippen molar-refractivity contribution in [1.29, 1.82) is 0 Å². The molecule has 0 saturated carbocycles. The molecule has 0 aromatic heterocycles. The number of likely N-dealkylation sites (N-methyl/N-ethyl adjacent to an activating group) is 2. The van der Waals surface area contributed by atoms with E-state index in [4.69, 9.17) is 0 Å². The van der Waals surface area contributed by atoms with Crippen LogP contribution in [0.2, 0.25) is 0 Å². The monoisotopic (exact) mass is 185 g/mol. The van der Waals surface area contributed by atoms with E-state index in [1.54, 1.807) is 0 Å². The summed E-state index contributed by atoms with van der Waals surface area (Å²) in [7, 11) is 3.86. The summed E-state index contributed by atoms with van der Waals surface area (Å²) in [6.07, 6.45) is 0. The lowest BCUT2D eigenvalue weighted by molar-refractivity contribution is -0.132. The highest BCUT2D eigenvalue weighted by molar-refractivity contribution is 5.83. The van der Waals surface area contributed by atoms with Gasteiger partial charge in [0.25, 0.3) is 0 Å². The standard InChI is InChI=1S/C9H19N3O/c1-9(2)6-11-8(13)7(5-10-3)12(9)4/h7,10H,5-6H2,1-4H3,(H,11,13). The zero-order valence-electron chi connectivity index (χ0n) is 8.85. The first kappa shape index (κ1) is 10.5. The van der Waals surface area contributed by atoms with Gasteiger partial charge in [0.1, 0.15) is 6.04 Å². The van der Waals surface area contributed by atoms with E-state index in [9.17, 15) is 4.79 Å². The third kappa shape index (κ3) is 2.00. The van der Waals surface area contributed by atoms with Crippen LogP contribution >= 0.6 is 0 Å². The Bertz CT molecular complexity index is 203. The largest absolute Gasteiger partial charge is 0.353 e. The van der Waals surface area contributed by atoms with Crippen LogP contribution in [0, 0.1) is 0 Å². The van der Waals surface area contributed by atoms with Crippen molar-refractivity contribution in [2.45, 2.75) is 25.4 Å². The number of piperazine rings is 1. The summed E-state index contributed by atoms with van der Waals surface area (Å²) in [6, 6.07) is -0.0475. The van der Waals surface area contributed by atoms with Gasteiger partial charge in [0.15, 0.2) is 0 Å². The Balaban J connectivity index is 2.72. The molecule has 1 saturated heterocycles. The van der Waals surface area contributed by atoms with Crippen LogP contribution in [0.1, 0.15) is 13.8 Å². The lowest BCUT2D eigenvalue weighted by Crippen LogP contribution is -2.66. The van der Waals surface area contributed by atoms with Gasteiger partial charge in [0, 0.05) is 18.6 Å². The van der Waals surface area contributed by atoms with Gasteiger partial charge in [-0.05, 0) is 27.9 Å². The minimum atomic E-state index is -0.0475. The van der Waals surface area contributed by atoms with E-state index < -0.39 is 0 Å². The zero-order chi connectivity index (χ0) is 10.1. The van der Waals surface area contributed by atoms with Crippen molar-refractivity contribution in [1.82, 2.24) is 15.5 Å². The number of rotatable bonds is 2. The van der Waals surface area contributed by atoms with Crippen LogP contribution in [-0.4, -0.2) is 49.6 Å². The third-order valence-corrected chi connectivity index (χ3v) is 2.82. The van der Waals surface area contributed by atoms with Crippen LogP contribution in [-0.2, 0) is 4.79 Å². The topological polar surface area (TPSA) is 44.4 Å². The fourth-order valence-electron chi connectivity index (χ4n) is 1.57. The molecular weight excluding hydrogens is 166 g/mol. The molecule has 1 fully saturated rings. The highest BCUT2D eigenvalue weighted by Gasteiger charge is 2.37. The van der Waals surface area contributed by atoms with Crippen molar-refractivity contribution >= 4 is 5.91 Å². The predicted molar refractivity (Wildman–Crippen MR) is 52.6 cm³/mol. The molecule has 1 aliphatic rings. The number of hydrogen-bond donors (Lipinski definition) is 2. The molecule has 0 radical (unpaired) electrons. The third-order valence-electron chi connectivity index (χ3n) is 2.82. The molecule has 0 aliphatic carbocycles. The molecule has 1 atom stereocenters. The van der Waals surface area contributed by atoms with Gasteiger partial charge in [-0.15, -0.1) is 0 Å². The van der Waals surface area contributed by atoms with Gasteiger partial charge in [0.2, 0.25) is 5.91 Å². The SMILES string of the molecule is CNCC1C(=O)NCC(C)(C)N1C. The zero-order valence-corrected chi connectivity index (χ0v) is 8.85. The Morgan fingerprint density at radius 3 is 2.85 bits per heavy atom. The summed E-state index contributed by atoms with van der Waals surface area (Å²) in [5.41, 5.74) is 0.0510. The quantitative estimate of drug-likeness (QED) is 0.604. The molecule has 0 bridgehead atoms. The number of amides is 1. The van der Waals surface area contributed by atoms with E-state index in [1.165, 1.54) is 0 Å². The second-order valence-corrected chi connectivity index (χ2v) is 4.21. The molecule has 4 nitrogen and oxygen atoms in total. The minimum Gasteiger partial charge on any atom is -0.353 e. The van der Waals surface area contributed by atoms with E-state index in [1.807, 2.05) is 14.1 Å². The van der Waals surface area contributed by atoms with Gasteiger partial charge < -0.3 is 10.6 Å². The maximum atomic E-state index is 11.5. The maximum absolute atomic E-state index is 11.5. The van der Waals surface area contributed by atoms with Crippen molar-refractivity contribution in [3.05, 3.63) is 0 Å². The Labute approximate surface area is 79.7 Å². The smallest absolute Gasteiger partial charge is 0.238 e. The second-order valence-electron chi connectivity index (χ2n) is 4.21. The van der Waals surface area contributed by atoms with Crippen molar-refractivity contribution < 1.29 is 4.79 Å². The van der Waals surface area contributed by atoms with Crippen LogP contribution in [0.5, 0.6) is 0 Å². The van der Waals surface area contributed by atoms with Crippen molar-refractivity contribution in [2.24, 2.45) is 0 Å². The Morgan fingerprint density at radius 1 is 1.69 bits per heavy atom. The number of carbonyl (C=O) groups excluding carboxylic acids is 1. The number of carbonyl (C=O) groups is 1. The summed E-state index contributed by atoms with van der Waals surface area (Å²) >= 11 is 0. The summed E-state index contributed by atoms with van der Waals surface area (Å²) in [5.74, 6) is 0.121. The number of hydrogen-bond acceptors (Lipinski definition) is 3. The summed E-state index contributed by atoms with van der Waals surface area (Å²) in [5, 5.41) is 5.95. The highest BCUT2D eigenvalue weighted by Crippen LogP contribution is 2.18. The first-order valence-electron chi connectivity index (χ1n) is 4.64. The molecule has 0 spiro atoms. The molecule has 0 aromatic carbocycles. The fraction of sp³-hybridized carbons (Fsp3) is 0.889. The van der Waals surface area contributed by atoms with Gasteiger partial charge in [-0.3, -0.25) is 9.69 Å². The van der Waals surface area contributed by atoms with E-state index in [0.717, 1.165) is 6.54 Å². The molecule has 1 rings (SSSR count). The van der Waals surface area contributed by atoms with Crippen molar-refractivity contribution in [2.75, 3.05) is 27.2 Å². The van der Waals surface area contributed by atoms with Crippen LogP contribution in [0.3, 0.4) is 0 Å². The van der Waals surface area contributed by atoms with E-state index in [-0.39, 0.29) is 17.5 Å². The normalized spacial score (nSPS) is 28.6. The van der Waals surface area contributed by atoms with Crippen LogP contribution < -0.4 is 10.6 Å². The van der Waals surface area contributed by atoms with Gasteiger partial charge in [-0.2, -0.15) is 0 Å². The minimum absolute atomic E-state index is 0.0475. The fourth-order valence-corrected chi connectivity index (χ4v) is 1.57. The highest BCUT2D eigenvalue weighted by atomic mass is 16.2. The molecule has 1 aliphatic heterocycles. The van der Waals surface area contributed by atoms with E-state index >= 15 is 0 Å². The van der Waals surface area contributed by atoms with Crippen LogP contribution in [0.4, 0.5) is 0 Å². The Kier molecular flexibility index (Phi) is 2.93. The van der Waals surface area contributed by atoms with E-state index in [0.29, 0.717) is 6.54 Å². The van der Waals surface area contributed by atoms with Crippen LogP contribution in [0.25, 0.3) is 0 Å². The molecule has 1 amide bonds. The van der Waals surface area contributed by atoms with Gasteiger partial charge in [-0.1, -0.05) is 0 Å². The number of nitrogens with zero attached hydrogens (tertiary/aromatic N) is 1.